The lowest BCUT2D eigenvalue weighted by Crippen LogP contribution is -2.37. The lowest BCUT2D eigenvalue weighted by atomic mass is 10.0. The molecule has 2 rings (SSSR count). The molecule has 1 aromatic rings. The summed E-state index contributed by atoms with van der Waals surface area (Å²) in [6, 6.07) is 0. The predicted molar refractivity (Wildman–Crippen MR) is 64.9 cm³/mol. The van der Waals surface area contributed by atoms with E-state index in [1.165, 1.54) is 0 Å². The van der Waals surface area contributed by atoms with Gasteiger partial charge in [0.05, 0.1) is 6.61 Å². The van der Waals surface area contributed by atoms with E-state index in [-0.39, 0.29) is 6.10 Å². The normalized spacial score (nSPS) is 25.5. The Morgan fingerprint density at radius 2 is 2.33 bits per heavy atom. The Morgan fingerprint density at radius 3 is 2.94 bits per heavy atom. The molecule has 2 atom stereocenters. The molecule has 0 bridgehead atoms. The van der Waals surface area contributed by atoms with Crippen molar-refractivity contribution in [3.63, 3.8) is 0 Å². The molecule has 1 fully saturated rings. The van der Waals surface area contributed by atoms with Gasteiger partial charge >= 0.3 is 0 Å². The first kappa shape index (κ1) is 13.5. The first-order valence-corrected chi connectivity index (χ1v) is 6.52. The Kier molecular flexibility index (Phi) is 4.31. The van der Waals surface area contributed by atoms with Crippen molar-refractivity contribution in [1.82, 2.24) is 10.1 Å². The molecular weight excluding hydrogens is 234 g/mol. The molecule has 1 aliphatic rings. The van der Waals surface area contributed by atoms with E-state index < -0.39 is 5.54 Å². The van der Waals surface area contributed by atoms with Crippen molar-refractivity contribution in [1.29, 1.82) is 0 Å². The molecule has 102 valence electrons. The first-order chi connectivity index (χ1) is 8.69. The van der Waals surface area contributed by atoms with Gasteiger partial charge < -0.3 is 19.7 Å². The smallest absolute Gasteiger partial charge is 0.249 e. The zero-order valence-electron chi connectivity index (χ0n) is 11.0. The average molecular weight is 255 g/mol. The van der Waals surface area contributed by atoms with E-state index in [4.69, 9.17) is 19.7 Å². The van der Waals surface area contributed by atoms with Crippen molar-refractivity contribution in [2.24, 2.45) is 5.73 Å². The maximum Gasteiger partial charge on any atom is 0.249 e. The standard InChI is InChI=1S/C12H21N3O3/c1-3-5-9(17-4-2)10-14-11(18-15-10)12(13)6-7-16-8-12/h9H,3-8,13H2,1-2H3. The van der Waals surface area contributed by atoms with Gasteiger partial charge in [-0.3, -0.25) is 0 Å². The third-order valence-electron chi connectivity index (χ3n) is 3.13. The molecule has 0 spiro atoms. The molecule has 6 nitrogen and oxygen atoms in total. The van der Waals surface area contributed by atoms with Crippen molar-refractivity contribution in [3.8, 4) is 0 Å². The van der Waals surface area contributed by atoms with Crippen LogP contribution in [-0.4, -0.2) is 30.0 Å². The Labute approximate surface area is 107 Å². The zero-order chi connectivity index (χ0) is 13.0. The maximum absolute atomic E-state index is 6.18. The monoisotopic (exact) mass is 255 g/mol. The summed E-state index contributed by atoms with van der Waals surface area (Å²) in [5.74, 6) is 1.04. The van der Waals surface area contributed by atoms with E-state index in [1.807, 2.05) is 6.92 Å². The van der Waals surface area contributed by atoms with E-state index >= 15 is 0 Å². The Bertz CT molecular complexity index is 368. The third kappa shape index (κ3) is 2.71. The van der Waals surface area contributed by atoms with Crippen LogP contribution in [0.2, 0.25) is 0 Å². The first-order valence-electron chi connectivity index (χ1n) is 6.52. The number of aromatic nitrogens is 2. The molecule has 0 aliphatic carbocycles. The van der Waals surface area contributed by atoms with Gasteiger partial charge in [0.25, 0.3) is 0 Å². The zero-order valence-corrected chi connectivity index (χ0v) is 11.0. The van der Waals surface area contributed by atoms with Crippen molar-refractivity contribution in [2.75, 3.05) is 19.8 Å². The summed E-state index contributed by atoms with van der Waals surface area (Å²) < 4.78 is 16.2. The van der Waals surface area contributed by atoms with Gasteiger partial charge in [-0.2, -0.15) is 4.98 Å². The van der Waals surface area contributed by atoms with E-state index in [1.54, 1.807) is 0 Å². The van der Waals surface area contributed by atoms with Crippen molar-refractivity contribution >= 4 is 0 Å². The van der Waals surface area contributed by atoms with Crippen molar-refractivity contribution in [3.05, 3.63) is 11.7 Å². The molecule has 2 unspecified atom stereocenters. The summed E-state index contributed by atoms with van der Waals surface area (Å²) in [4.78, 5) is 4.39. The lowest BCUT2D eigenvalue weighted by Gasteiger charge is -2.15. The molecule has 1 aromatic heterocycles. The quantitative estimate of drug-likeness (QED) is 0.829. The summed E-state index contributed by atoms with van der Waals surface area (Å²) >= 11 is 0. The number of nitrogens with two attached hydrogens (primary N) is 1. The second-order valence-electron chi connectivity index (χ2n) is 4.65. The summed E-state index contributed by atoms with van der Waals surface area (Å²) in [7, 11) is 0. The fourth-order valence-corrected chi connectivity index (χ4v) is 2.07. The molecule has 18 heavy (non-hydrogen) atoms. The number of rotatable bonds is 6. The molecule has 6 heteroatoms. The van der Waals surface area contributed by atoms with Crippen LogP contribution in [0.1, 0.15) is 50.9 Å². The highest BCUT2D eigenvalue weighted by Crippen LogP contribution is 2.28. The van der Waals surface area contributed by atoms with Crippen molar-refractivity contribution in [2.45, 2.75) is 44.8 Å². The molecule has 2 heterocycles. The molecule has 0 radical (unpaired) electrons. The van der Waals surface area contributed by atoms with Gasteiger partial charge in [0.15, 0.2) is 0 Å². The summed E-state index contributed by atoms with van der Waals surface area (Å²) in [6.45, 7) is 5.76. The topological polar surface area (TPSA) is 83.4 Å². The van der Waals surface area contributed by atoms with Crippen LogP contribution < -0.4 is 5.73 Å². The van der Waals surface area contributed by atoms with Crippen LogP contribution in [0.5, 0.6) is 0 Å². The highest BCUT2D eigenvalue weighted by atomic mass is 16.5. The predicted octanol–water partition coefficient (Wildman–Crippen LogP) is 1.52. The molecule has 1 saturated heterocycles. The Balaban J connectivity index is 2.12. The minimum Gasteiger partial charge on any atom is -0.379 e. The van der Waals surface area contributed by atoms with Crippen LogP contribution in [0.3, 0.4) is 0 Å². The van der Waals surface area contributed by atoms with Gasteiger partial charge in [0, 0.05) is 13.2 Å². The Hall–Kier alpha value is -0.980. The van der Waals surface area contributed by atoms with Crippen LogP contribution in [0.15, 0.2) is 4.52 Å². The molecule has 0 amide bonds. The van der Waals surface area contributed by atoms with Gasteiger partial charge in [0.1, 0.15) is 11.6 Å². The largest absolute Gasteiger partial charge is 0.379 e. The molecular formula is C12H21N3O3. The fourth-order valence-electron chi connectivity index (χ4n) is 2.07. The van der Waals surface area contributed by atoms with Crippen LogP contribution in [-0.2, 0) is 15.0 Å². The molecule has 0 aromatic carbocycles. The van der Waals surface area contributed by atoms with Crippen LogP contribution >= 0.6 is 0 Å². The van der Waals surface area contributed by atoms with Gasteiger partial charge in [0.2, 0.25) is 11.7 Å². The summed E-state index contributed by atoms with van der Waals surface area (Å²) in [5, 5.41) is 4.00. The number of hydrogen-bond acceptors (Lipinski definition) is 6. The number of ether oxygens (including phenoxy) is 2. The number of hydrogen-bond donors (Lipinski definition) is 1. The van der Waals surface area contributed by atoms with Gasteiger partial charge in [-0.05, 0) is 19.8 Å². The summed E-state index contributed by atoms with van der Waals surface area (Å²) in [6.07, 6.45) is 2.48. The van der Waals surface area contributed by atoms with Gasteiger partial charge in [-0.15, -0.1) is 0 Å². The lowest BCUT2D eigenvalue weighted by molar-refractivity contribution is 0.0477. The van der Waals surface area contributed by atoms with Gasteiger partial charge in [-0.1, -0.05) is 18.5 Å². The average Bonchev–Trinajstić information content (AvgIpc) is 2.98. The number of nitrogens with zero attached hydrogens (tertiary/aromatic N) is 2. The second kappa shape index (κ2) is 5.77. The molecule has 0 saturated carbocycles. The highest BCUT2D eigenvalue weighted by Gasteiger charge is 2.38. The summed E-state index contributed by atoms with van der Waals surface area (Å²) in [5.41, 5.74) is 5.55. The highest BCUT2D eigenvalue weighted by molar-refractivity contribution is 5.05. The van der Waals surface area contributed by atoms with Crippen LogP contribution in [0, 0.1) is 0 Å². The minimum atomic E-state index is -0.631. The molecule has 1 aliphatic heterocycles. The van der Waals surface area contributed by atoms with E-state index in [9.17, 15) is 0 Å². The van der Waals surface area contributed by atoms with Crippen LogP contribution in [0.25, 0.3) is 0 Å². The molecule has 2 N–H and O–H groups in total. The SMILES string of the molecule is CCCC(OCC)c1noc(C2(N)CCOC2)n1. The maximum atomic E-state index is 6.18. The minimum absolute atomic E-state index is 0.108. The second-order valence-corrected chi connectivity index (χ2v) is 4.65. The van der Waals surface area contributed by atoms with Crippen molar-refractivity contribution < 1.29 is 14.0 Å². The Morgan fingerprint density at radius 1 is 1.50 bits per heavy atom. The van der Waals surface area contributed by atoms with Gasteiger partial charge in [-0.25, -0.2) is 0 Å². The van der Waals surface area contributed by atoms with E-state index in [2.05, 4.69) is 17.1 Å². The third-order valence-corrected chi connectivity index (χ3v) is 3.13. The fraction of sp³-hybridized carbons (Fsp3) is 0.833. The van der Waals surface area contributed by atoms with E-state index in [0.29, 0.717) is 38.0 Å². The van der Waals surface area contributed by atoms with E-state index in [0.717, 1.165) is 12.8 Å². The van der Waals surface area contributed by atoms with Crippen LogP contribution in [0.4, 0.5) is 0 Å².